The molecule has 2 rings (SSSR count). The van der Waals surface area contributed by atoms with Crippen molar-refractivity contribution in [2.45, 2.75) is 16.6 Å². The number of nitrogens with zero attached hydrogens (tertiary/aromatic N) is 1. The van der Waals surface area contributed by atoms with Crippen LogP contribution >= 0.6 is 34.8 Å². The van der Waals surface area contributed by atoms with Crippen molar-refractivity contribution in [2.24, 2.45) is 5.41 Å². The van der Waals surface area contributed by atoms with E-state index in [0.717, 1.165) is 39.0 Å². The van der Waals surface area contributed by atoms with Gasteiger partial charge in [-0.15, -0.1) is 0 Å². The second kappa shape index (κ2) is 5.00. The average Bonchev–Trinajstić information content (AvgIpc) is 2.23. The van der Waals surface area contributed by atoms with Crippen LogP contribution < -0.4 is 5.32 Å². The first-order chi connectivity index (χ1) is 7.90. The molecule has 7 heteroatoms. The predicted octanol–water partition coefficient (Wildman–Crippen LogP) is 2.18. The Kier molecular flexibility index (Phi) is 3.98. The monoisotopic (exact) mass is 300 g/mol. The standard InChI is InChI=1S/C10H15Cl3N2O2/c11-10(12,13)7-17-8(16)15-3-1-9(2-4-15)5-14-6-9/h14H,1-7H2. The number of alkyl halides is 3. The molecule has 2 aliphatic rings. The molecule has 0 radical (unpaired) electrons. The van der Waals surface area contributed by atoms with Crippen molar-refractivity contribution < 1.29 is 9.53 Å². The molecule has 4 nitrogen and oxygen atoms in total. The number of ether oxygens (including phenoxy) is 1. The van der Waals surface area contributed by atoms with Gasteiger partial charge < -0.3 is 15.0 Å². The van der Waals surface area contributed by atoms with E-state index in [2.05, 4.69) is 5.32 Å². The van der Waals surface area contributed by atoms with Crippen LogP contribution in [0.2, 0.25) is 0 Å². The van der Waals surface area contributed by atoms with Crippen LogP contribution in [0.15, 0.2) is 0 Å². The molecule has 2 saturated heterocycles. The maximum absolute atomic E-state index is 11.7. The lowest BCUT2D eigenvalue weighted by atomic mass is 9.73. The predicted molar refractivity (Wildman–Crippen MR) is 67.7 cm³/mol. The summed E-state index contributed by atoms with van der Waals surface area (Å²) in [5.74, 6) is 0. The molecule has 0 saturated carbocycles. The summed E-state index contributed by atoms with van der Waals surface area (Å²) >= 11 is 16.6. The molecule has 0 aromatic heterocycles. The zero-order valence-corrected chi connectivity index (χ0v) is 11.6. The molecular formula is C10H15Cl3N2O2. The lowest BCUT2D eigenvalue weighted by molar-refractivity contribution is 0.0415. The van der Waals surface area contributed by atoms with Crippen LogP contribution in [0.3, 0.4) is 0 Å². The van der Waals surface area contributed by atoms with Gasteiger partial charge in [-0.1, -0.05) is 34.8 Å². The normalized spacial score (nSPS) is 23.4. The molecule has 1 N–H and O–H groups in total. The highest BCUT2D eigenvalue weighted by Crippen LogP contribution is 2.35. The van der Waals surface area contributed by atoms with E-state index in [-0.39, 0.29) is 6.61 Å². The van der Waals surface area contributed by atoms with Crippen molar-refractivity contribution in [3.05, 3.63) is 0 Å². The first-order valence-electron chi connectivity index (χ1n) is 5.59. The molecule has 2 heterocycles. The summed E-state index contributed by atoms with van der Waals surface area (Å²) < 4.78 is 3.40. The number of hydrogen-bond donors (Lipinski definition) is 1. The third kappa shape index (κ3) is 3.53. The van der Waals surface area contributed by atoms with Gasteiger partial charge in [-0.25, -0.2) is 4.79 Å². The van der Waals surface area contributed by atoms with Gasteiger partial charge in [0.1, 0.15) is 6.61 Å². The molecule has 0 aromatic carbocycles. The topological polar surface area (TPSA) is 41.6 Å². The molecule has 17 heavy (non-hydrogen) atoms. The Morgan fingerprint density at radius 2 is 1.88 bits per heavy atom. The lowest BCUT2D eigenvalue weighted by Gasteiger charge is -2.48. The minimum absolute atomic E-state index is 0.209. The summed E-state index contributed by atoms with van der Waals surface area (Å²) in [6.07, 6.45) is 1.64. The third-order valence-corrected chi connectivity index (χ3v) is 3.77. The highest BCUT2D eigenvalue weighted by molar-refractivity contribution is 6.67. The second-order valence-corrected chi connectivity index (χ2v) is 7.28. The van der Waals surface area contributed by atoms with Crippen molar-refractivity contribution in [2.75, 3.05) is 32.8 Å². The van der Waals surface area contributed by atoms with Crippen molar-refractivity contribution in [3.63, 3.8) is 0 Å². The first-order valence-corrected chi connectivity index (χ1v) is 6.73. The first kappa shape index (κ1) is 13.5. The number of piperidine rings is 1. The van der Waals surface area contributed by atoms with Crippen LogP contribution in [-0.4, -0.2) is 47.6 Å². The third-order valence-electron chi connectivity index (χ3n) is 3.44. The molecule has 0 aromatic rings. The van der Waals surface area contributed by atoms with E-state index in [4.69, 9.17) is 39.5 Å². The molecule has 2 fully saturated rings. The summed E-state index contributed by atoms with van der Waals surface area (Å²) in [6, 6.07) is 0. The summed E-state index contributed by atoms with van der Waals surface area (Å²) in [5.41, 5.74) is 0.409. The van der Waals surface area contributed by atoms with Crippen LogP contribution in [0.4, 0.5) is 4.79 Å². The summed E-state index contributed by atoms with van der Waals surface area (Å²) in [7, 11) is 0. The van der Waals surface area contributed by atoms with E-state index >= 15 is 0 Å². The molecule has 0 bridgehead atoms. The maximum atomic E-state index is 11.7. The fraction of sp³-hybridized carbons (Fsp3) is 0.900. The maximum Gasteiger partial charge on any atom is 0.409 e. The van der Waals surface area contributed by atoms with E-state index in [9.17, 15) is 4.79 Å². The molecule has 98 valence electrons. The number of carbonyl (C=O) groups is 1. The van der Waals surface area contributed by atoms with Crippen molar-refractivity contribution >= 4 is 40.9 Å². The Morgan fingerprint density at radius 1 is 1.29 bits per heavy atom. The largest absolute Gasteiger partial charge is 0.445 e. The fourth-order valence-corrected chi connectivity index (χ4v) is 2.39. The van der Waals surface area contributed by atoms with Gasteiger partial charge in [0.05, 0.1) is 0 Å². The van der Waals surface area contributed by atoms with Gasteiger partial charge in [0.2, 0.25) is 3.79 Å². The number of rotatable bonds is 1. The molecule has 0 atom stereocenters. The number of carbonyl (C=O) groups excluding carboxylic acids is 1. The molecule has 0 unspecified atom stereocenters. The van der Waals surface area contributed by atoms with Gasteiger partial charge in [-0.3, -0.25) is 0 Å². The lowest BCUT2D eigenvalue weighted by Crippen LogP contribution is -2.58. The van der Waals surface area contributed by atoms with Crippen LogP contribution in [-0.2, 0) is 4.74 Å². The van der Waals surface area contributed by atoms with Crippen molar-refractivity contribution in [3.8, 4) is 0 Å². The SMILES string of the molecule is O=C(OCC(Cl)(Cl)Cl)N1CCC2(CC1)CNC2. The number of hydrogen-bond acceptors (Lipinski definition) is 3. The summed E-state index contributed by atoms with van der Waals surface area (Å²) in [4.78, 5) is 13.4. The number of nitrogens with one attached hydrogen (secondary N) is 1. The minimum atomic E-state index is -1.54. The highest BCUT2D eigenvalue weighted by atomic mass is 35.6. The second-order valence-electron chi connectivity index (χ2n) is 4.76. The zero-order chi connectivity index (χ0) is 12.5. The highest BCUT2D eigenvalue weighted by Gasteiger charge is 2.41. The Bertz CT molecular complexity index is 292. The number of amides is 1. The van der Waals surface area contributed by atoms with Crippen LogP contribution in [0, 0.1) is 5.41 Å². The number of halogens is 3. The van der Waals surface area contributed by atoms with Gasteiger partial charge in [-0.2, -0.15) is 0 Å². The van der Waals surface area contributed by atoms with Crippen LogP contribution in [0.5, 0.6) is 0 Å². The summed E-state index contributed by atoms with van der Waals surface area (Å²) in [5, 5.41) is 3.27. The molecule has 1 amide bonds. The van der Waals surface area contributed by atoms with E-state index in [0.29, 0.717) is 5.41 Å². The van der Waals surface area contributed by atoms with Gasteiger partial charge in [0.15, 0.2) is 0 Å². The fourth-order valence-electron chi connectivity index (χ4n) is 2.23. The van der Waals surface area contributed by atoms with Gasteiger partial charge in [-0.05, 0) is 18.3 Å². The molecular weight excluding hydrogens is 286 g/mol. The van der Waals surface area contributed by atoms with E-state index < -0.39 is 9.89 Å². The van der Waals surface area contributed by atoms with Crippen LogP contribution in [0.25, 0.3) is 0 Å². The Morgan fingerprint density at radius 3 is 2.29 bits per heavy atom. The Balaban J connectivity index is 1.74. The van der Waals surface area contributed by atoms with Gasteiger partial charge in [0.25, 0.3) is 0 Å². The van der Waals surface area contributed by atoms with E-state index in [1.165, 1.54) is 0 Å². The zero-order valence-electron chi connectivity index (χ0n) is 9.35. The molecule has 1 spiro atoms. The summed E-state index contributed by atoms with van der Waals surface area (Å²) in [6.45, 7) is 3.36. The number of likely N-dealkylation sites (tertiary alicyclic amines) is 1. The van der Waals surface area contributed by atoms with Crippen LogP contribution in [0.1, 0.15) is 12.8 Å². The molecule has 2 aliphatic heterocycles. The molecule has 0 aliphatic carbocycles. The average molecular weight is 302 g/mol. The Hall–Kier alpha value is 0.1000. The smallest absolute Gasteiger partial charge is 0.409 e. The van der Waals surface area contributed by atoms with E-state index in [1.54, 1.807) is 4.90 Å². The van der Waals surface area contributed by atoms with E-state index in [1.807, 2.05) is 0 Å². The van der Waals surface area contributed by atoms with Gasteiger partial charge >= 0.3 is 6.09 Å². The van der Waals surface area contributed by atoms with Gasteiger partial charge in [0, 0.05) is 26.2 Å². The minimum Gasteiger partial charge on any atom is -0.445 e. The Labute approximate surface area is 116 Å². The quantitative estimate of drug-likeness (QED) is 0.755. The van der Waals surface area contributed by atoms with Crippen molar-refractivity contribution in [1.29, 1.82) is 0 Å². The van der Waals surface area contributed by atoms with Crippen molar-refractivity contribution in [1.82, 2.24) is 10.2 Å².